The van der Waals surface area contributed by atoms with E-state index >= 15 is 0 Å². The topological polar surface area (TPSA) is 21.3 Å². The monoisotopic (exact) mass is 211 g/mol. The van der Waals surface area contributed by atoms with Crippen LogP contribution < -0.4 is 5.32 Å². The Hall–Kier alpha value is -0.0800. The van der Waals surface area contributed by atoms with E-state index in [2.05, 4.69) is 26.1 Å². The molecule has 0 amide bonds. The lowest BCUT2D eigenvalue weighted by Gasteiger charge is -2.44. The quantitative estimate of drug-likeness (QED) is 0.665. The molecule has 1 N–H and O–H groups in total. The lowest BCUT2D eigenvalue weighted by Crippen LogP contribution is -2.57. The van der Waals surface area contributed by atoms with Crippen molar-refractivity contribution in [2.75, 3.05) is 13.2 Å². The summed E-state index contributed by atoms with van der Waals surface area (Å²) in [4.78, 5) is 0. The average Bonchev–Trinajstić information content (AvgIpc) is 2.36. The maximum Gasteiger partial charge on any atom is 0.119 e. The lowest BCUT2D eigenvalue weighted by atomic mass is 9.90. The number of hydrogen-bond acceptors (Lipinski definition) is 2. The van der Waals surface area contributed by atoms with Crippen molar-refractivity contribution >= 4 is 0 Å². The molecule has 2 aliphatic rings. The molecule has 2 unspecified atom stereocenters. The van der Waals surface area contributed by atoms with E-state index in [1.54, 1.807) is 0 Å². The predicted molar refractivity (Wildman–Crippen MR) is 62.7 cm³/mol. The van der Waals surface area contributed by atoms with E-state index in [1.807, 2.05) is 0 Å². The van der Waals surface area contributed by atoms with Gasteiger partial charge in [-0.3, -0.25) is 5.32 Å². The highest BCUT2D eigenvalue weighted by Gasteiger charge is 2.39. The zero-order valence-corrected chi connectivity index (χ0v) is 10.4. The van der Waals surface area contributed by atoms with E-state index in [1.165, 1.54) is 32.1 Å². The highest BCUT2D eigenvalue weighted by atomic mass is 16.5. The van der Waals surface area contributed by atoms with E-state index in [9.17, 15) is 0 Å². The molecule has 1 saturated heterocycles. The van der Waals surface area contributed by atoms with Crippen LogP contribution in [0, 0.1) is 11.3 Å². The van der Waals surface area contributed by atoms with Gasteiger partial charge in [0.2, 0.25) is 0 Å². The fourth-order valence-electron chi connectivity index (χ4n) is 2.64. The van der Waals surface area contributed by atoms with Crippen molar-refractivity contribution in [1.82, 2.24) is 5.32 Å². The Bertz CT molecular complexity index is 215. The minimum atomic E-state index is 0.0281. The Morgan fingerprint density at radius 1 is 1.20 bits per heavy atom. The van der Waals surface area contributed by atoms with E-state index in [0.717, 1.165) is 19.1 Å². The smallest absolute Gasteiger partial charge is 0.119 e. The maximum absolute atomic E-state index is 6.14. The first-order chi connectivity index (χ1) is 7.02. The fraction of sp³-hybridized carbons (Fsp3) is 1.00. The molecule has 15 heavy (non-hydrogen) atoms. The molecule has 0 aromatic heterocycles. The summed E-state index contributed by atoms with van der Waals surface area (Å²) in [5, 5.41) is 3.66. The summed E-state index contributed by atoms with van der Waals surface area (Å²) in [5.74, 6) is 0.879. The standard InChI is InChI=1S/C13H25NO/c1-11-5-4-7-13(8-6-11)14-9-12(2,3)10-15-13/h11,14H,4-10H2,1-3H3. The molecule has 2 nitrogen and oxygen atoms in total. The van der Waals surface area contributed by atoms with Gasteiger partial charge in [0, 0.05) is 12.0 Å². The van der Waals surface area contributed by atoms with Gasteiger partial charge in [-0.05, 0) is 31.6 Å². The van der Waals surface area contributed by atoms with Gasteiger partial charge in [-0.25, -0.2) is 0 Å². The van der Waals surface area contributed by atoms with Crippen LogP contribution in [0.4, 0.5) is 0 Å². The van der Waals surface area contributed by atoms with Gasteiger partial charge in [-0.15, -0.1) is 0 Å². The van der Waals surface area contributed by atoms with Crippen molar-refractivity contribution in [3.05, 3.63) is 0 Å². The third-order valence-electron chi connectivity index (χ3n) is 3.95. The van der Waals surface area contributed by atoms with Gasteiger partial charge in [0.25, 0.3) is 0 Å². The number of rotatable bonds is 0. The van der Waals surface area contributed by atoms with Crippen LogP contribution in [0.1, 0.15) is 52.9 Å². The van der Waals surface area contributed by atoms with Crippen LogP contribution in [0.3, 0.4) is 0 Å². The molecule has 1 aliphatic heterocycles. The zero-order chi connectivity index (χ0) is 10.9. The molecule has 2 rings (SSSR count). The highest BCUT2D eigenvalue weighted by molar-refractivity contribution is 4.89. The lowest BCUT2D eigenvalue weighted by molar-refractivity contribution is -0.144. The fourth-order valence-corrected chi connectivity index (χ4v) is 2.64. The molecule has 2 fully saturated rings. The van der Waals surface area contributed by atoms with E-state index in [4.69, 9.17) is 4.74 Å². The molecule has 88 valence electrons. The predicted octanol–water partition coefficient (Wildman–Crippen LogP) is 2.93. The Labute approximate surface area is 93.8 Å². The van der Waals surface area contributed by atoms with Crippen molar-refractivity contribution in [3.63, 3.8) is 0 Å². The Morgan fingerprint density at radius 2 is 2.00 bits per heavy atom. The molecule has 0 radical (unpaired) electrons. The van der Waals surface area contributed by atoms with Crippen LogP contribution in [0.2, 0.25) is 0 Å². The van der Waals surface area contributed by atoms with Gasteiger partial charge in [0.15, 0.2) is 0 Å². The van der Waals surface area contributed by atoms with E-state index < -0.39 is 0 Å². The highest BCUT2D eigenvalue weighted by Crippen LogP contribution is 2.35. The summed E-state index contributed by atoms with van der Waals surface area (Å²) in [6, 6.07) is 0. The van der Waals surface area contributed by atoms with Gasteiger partial charge in [-0.1, -0.05) is 27.2 Å². The minimum Gasteiger partial charge on any atom is -0.360 e. The summed E-state index contributed by atoms with van der Waals surface area (Å²) in [6.45, 7) is 8.92. The average molecular weight is 211 g/mol. The molecule has 1 saturated carbocycles. The van der Waals surface area contributed by atoms with Crippen LogP contribution in [0.25, 0.3) is 0 Å². The molecule has 0 bridgehead atoms. The number of hydrogen-bond donors (Lipinski definition) is 1. The van der Waals surface area contributed by atoms with Gasteiger partial charge < -0.3 is 4.74 Å². The van der Waals surface area contributed by atoms with Crippen LogP contribution in [0.5, 0.6) is 0 Å². The number of ether oxygens (including phenoxy) is 1. The summed E-state index contributed by atoms with van der Waals surface area (Å²) >= 11 is 0. The van der Waals surface area contributed by atoms with E-state index in [0.29, 0.717) is 5.41 Å². The van der Waals surface area contributed by atoms with E-state index in [-0.39, 0.29) is 5.72 Å². The van der Waals surface area contributed by atoms with Crippen molar-refractivity contribution in [1.29, 1.82) is 0 Å². The van der Waals surface area contributed by atoms with Gasteiger partial charge in [0.1, 0.15) is 5.72 Å². The normalized spacial score (nSPS) is 41.4. The molecule has 2 atom stereocenters. The van der Waals surface area contributed by atoms with Crippen molar-refractivity contribution in [2.45, 2.75) is 58.6 Å². The first-order valence-corrected chi connectivity index (χ1v) is 6.40. The summed E-state index contributed by atoms with van der Waals surface area (Å²) in [5.41, 5.74) is 0.337. The summed E-state index contributed by atoms with van der Waals surface area (Å²) < 4.78 is 6.14. The third kappa shape index (κ3) is 2.73. The second kappa shape index (κ2) is 4.06. The first-order valence-electron chi connectivity index (χ1n) is 6.40. The largest absolute Gasteiger partial charge is 0.360 e. The van der Waals surface area contributed by atoms with Gasteiger partial charge in [0.05, 0.1) is 6.61 Å². The Kier molecular flexibility index (Phi) is 3.09. The molecular formula is C13H25NO. The molecule has 1 heterocycles. The van der Waals surface area contributed by atoms with Crippen molar-refractivity contribution < 1.29 is 4.74 Å². The summed E-state index contributed by atoms with van der Waals surface area (Å²) in [7, 11) is 0. The SMILES string of the molecule is CC1CCCC2(CC1)NCC(C)(C)CO2. The maximum atomic E-state index is 6.14. The van der Waals surface area contributed by atoms with Crippen LogP contribution in [-0.2, 0) is 4.74 Å². The molecule has 2 heteroatoms. The zero-order valence-electron chi connectivity index (χ0n) is 10.4. The molecule has 1 aliphatic carbocycles. The molecule has 0 aromatic carbocycles. The Morgan fingerprint density at radius 3 is 2.67 bits per heavy atom. The summed E-state index contributed by atoms with van der Waals surface area (Å²) in [6.07, 6.45) is 6.40. The Balaban J connectivity index is 1.96. The minimum absolute atomic E-state index is 0.0281. The van der Waals surface area contributed by atoms with Crippen molar-refractivity contribution in [3.8, 4) is 0 Å². The van der Waals surface area contributed by atoms with Gasteiger partial charge in [-0.2, -0.15) is 0 Å². The molecule has 0 aromatic rings. The number of nitrogens with one attached hydrogen (secondary N) is 1. The van der Waals surface area contributed by atoms with Gasteiger partial charge >= 0.3 is 0 Å². The second-order valence-electron chi connectivity index (χ2n) is 6.34. The molecular weight excluding hydrogens is 186 g/mol. The molecule has 1 spiro atoms. The first kappa shape index (κ1) is 11.4. The van der Waals surface area contributed by atoms with Crippen LogP contribution in [-0.4, -0.2) is 18.9 Å². The van der Waals surface area contributed by atoms with Crippen LogP contribution >= 0.6 is 0 Å². The third-order valence-corrected chi connectivity index (χ3v) is 3.95. The second-order valence-corrected chi connectivity index (χ2v) is 6.34. The van der Waals surface area contributed by atoms with Crippen molar-refractivity contribution in [2.24, 2.45) is 11.3 Å². The van der Waals surface area contributed by atoms with Crippen LogP contribution in [0.15, 0.2) is 0 Å².